The van der Waals surface area contributed by atoms with Gasteiger partial charge < -0.3 is 19.2 Å². The van der Waals surface area contributed by atoms with Crippen LogP contribution in [-0.2, 0) is 9.53 Å². The van der Waals surface area contributed by atoms with Crippen LogP contribution in [0.5, 0.6) is 11.5 Å². The number of methoxy groups -OCH3 is 1. The molecule has 1 atom stereocenters. The van der Waals surface area contributed by atoms with Gasteiger partial charge in [-0.2, -0.15) is 0 Å². The number of carbonyl (C=O) groups is 2. The molecule has 0 radical (unpaired) electrons. The lowest BCUT2D eigenvalue weighted by molar-refractivity contribution is -0.148. The predicted molar refractivity (Wildman–Crippen MR) is 101 cm³/mol. The summed E-state index contributed by atoms with van der Waals surface area (Å²) in [5, 5.41) is 0.813. The number of hydrogen-bond acceptors (Lipinski definition) is 5. The van der Waals surface area contributed by atoms with Gasteiger partial charge in [0.15, 0.2) is 24.2 Å². The SMILES string of the molecule is COc1ccccc1OCC(=O)OC(C)C(=O)c1c(C)[nH]c2ccccc12. The number of aryl methyl sites for hydroxylation is 1. The topological polar surface area (TPSA) is 77.6 Å². The van der Waals surface area contributed by atoms with Crippen LogP contribution in [0.25, 0.3) is 10.9 Å². The van der Waals surface area contributed by atoms with Crippen molar-refractivity contribution >= 4 is 22.7 Å². The molecule has 0 spiro atoms. The Morgan fingerprint density at radius 1 is 1.04 bits per heavy atom. The smallest absolute Gasteiger partial charge is 0.344 e. The fraction of sp³-hybridized carbons (Fsp3) is 0.238. The van der Waals surface area contributed by atoms with Gasteiger partial charge in [-0.25, -0.2) is 4.79 Å². The molecule has 0 aliphatic carbocycles. The Kier molecular flexibility index (Phi) is 5.45. The van der Waals surface area contributed by atoms with Gasteiger partial charge in [0.25, 0.3) is 0 Å². The fourth-order valence-corrected chi connectivity index (χ4v) is 2.96. The van der Waals surface area contributed by atoms with Gasteiger partial charge in [0.05, 0.1) is 7.11 Å². The molecular formula is C21H21NO5. The number of ether oxygens (including phenoxy) is 3. The van der Waals surface area contributed by atoms with E-state index >= 15 is 0 Å². The number of carbonyl (C=O) groups excluding carboxylic acids is 2. The van der Waals surface area contributed by atoms with E-state index in [1.807, 2.05) is 31.2 Å². The first kappa shape index (κ1) is 18.5. The molecule has 140 valence electrons. The Morgan fingerprint density at radius 3 is 2.44 bits per heavy atom. The second-order valence-corrected chi connectivity index (χ2v) is 6.11. The average molecular weight is 367 g/mol. The third-order valence-electron chi connectivity index (χ3n) is 4.23. The molecular weight excluding hydrogens is 346 g/mol. The standard InChI is InChI=1S/C21H21NO5/c1-13-20(15-8-4-5-9-16(15)22-13)21(24)14(2)27-19(23)12-26-18-11-7-6-10-17(18)25-3/h4-11,14,22H,12H2,1-3H3. The van der Waals surface area contributed by atoms with Crippen LogP contribution in [0.1, 0.15) is 23.0 Å². The maximum absolute atomic E-state index is 12.8. The number of ketones is 1. The minimum absolute atomic E-state index is 0.254. The number of aromatic amines is 1. The highest BCUT2D eigenvalue weighted by Gasteiger charge is 2.24. The Hall–Kier alpha value is -3.28. The van der Waals surface area contributed by atoms with Gasteiger partial charge in [-0.1, -0.05) is 30.3 Å². The second-order valence-electron chi connectivity index (χ2n) is 6.11. The van der Waals surface area contributed by atoms with Crippen molar-refractivity contribution in [2.45, 2.75) is 20.0 Å². The molecule has 0 amide bonds. The van der Waals surface area contributed by atoms with Crippen LogP contribution >= 0.6 is 0 Å². The van der Waals surface area contributed by atoms with Crippen LogP contribution in [0.15, 0.2) is 48.5 Å². The average Bonchev–Trinajstić information content (AvgIpc) is 3.01. The molecule has 0 aliphatic heterocycles. The van der Waals surface area contributed by atoms with E-state index in [1.165, 1.54) is 7.11 Å². The summed E-state index contributed by atoms with van der Waals surface area (Å²) < 4.78 is 15.9. The number of H-pyrrole nitrogens is 1. The number of rotatable bonds is 7. The summed E-state index contributed by atoms with van der Waals surface area (Å²) in [6, 6.07) is 14.5. The predicted octanol–water partition coefficient (Wildman–Crippen LogP) is 3.68. The van der Waals surface area contributed by atoms with E-state index in [0.29, 0.717) is 17.1 Å². The molecule has 6 heteroatoms. The normalized spacial score (nSPS) is 11.8. The maximum atomic E-state index is 12.8. The van der Waals surface area contributed by atoms with Gasteiger partial charge in [0, 0.05) is 22.2 Å². The zero-order valence-corrected chi connectivity index (χ0v) is 15.4. The summed E-state index contributed by atoms with van der Waals surface area (Å²) >= 11 is 0. The van der Waals surface area contributed by atoms with Crippen molar-refractivity contribution in [3.8, 4) is 11.5 Å². The van der Waals surface area contributed by atoms with E-state index in [9.17, 15) is 9.59 Å². The van der Waals surface area contributed by atoms with Gasteiger partial charge in [0.2, 0.25) is 5.78 Å². The summed E-state index contributed by atoms with van der Waals surface area (Å²) in [5.74, 6) is 0.0714. The van der Waals surface area contributed by atoms with E-state index in [-0.39, 0.29) is 12.4 Å². The fourth-order valence-electron chi connectivity index (χ4n) is 2.96. The summed E-state index contributed by atoms with van der Waals surface area (Å²) in [6.07, 6.45) is -0.920. The van der Waals surface area contributed by atoms with E-state index < -0.39 is 12.1 Å². The molecule has 0 saturated heterocycles. The molecule has 0 aliphatic rings. The molecule has 0 bridgehead atoms. The molecule has 3 aromatic rings. The Balaban J connectivity index is 1.65. The monoisotopic (exact) mass is 367 g/mol. The van der Waals surface area contributed by atoms with Gasteiger partial charge in [-0.05, 0) is 32.0 Å². The molecule has 1 aromatic heterocycles. The summed E-state index contributed by atoms with van der Waals surface area (Å²) in [5.41, 5.74) is 2.15. The second kappa shape index (κ2) is 7.95. The molecule has 6 nitrogen and oxygen atoms in total. The van der Waals surface area contributed by atoms with Crippen molar-refractivity contribution in [2.24, 2.45) is 0 Å². The summed E-state index contributed by atoms with van der Waals surface area (Å²) in [6.45, 7) is 3.07. The zero-order chi connectivity index (χ0) is 19.4. The number of hydrogen-bond donors (Lipinski definition) is 1. The van der Waals surface area contributed by atoms with Crippen LogP contribution in [-0.4, -0.2) is 36.6 Å². The van der Waals surface area contributed by atoms with Gasteiger partial charge in [-0.3, -0.25) is 4.79 Å². The van der Waals surface area contributed by atoms with E-state index in [2.05, 4.69) is 4.98 Å². The van der Waals surface area contributed by atoms with Crippen LogP contribution in [0.4, 0.5) is 0 Å². The lowest BCUT2D eigenvalue weighted by atomic mass is 10.0. The molecule has 2 aromatic carbocycles. The van der Waals surface area contributed by atoms with E-state index in [0.717, 1.165) is 16.6 Å². The maximum Gasteiger partial charge on any atom is 0.344 e. The Labute approximate surface area is 157 Å². The number of esters is 1. The number of nitrogens with one attached hydrogen (secondary N) is 1. The van der Waals surface area contributed by atoms with Crippen LogP contribution in [0.3, 0.4) is 0 Å². The minimum Gasteiger partial charge on any atom is -0.493 e. The van der Waals surface area contributed by atoms with E-state index in [1.54, 1.807) is 31.2 Å². The van der Waals surface area contributed by atoms with Crippen molar-refractivity contribution in [2.75, 3.05) is 13.7 Å². The highest BCUT2D eigenvalue weighted by molar-refractivity contribution is 6.11. The Bertz CT molecular complexity index is 976. The number of aromatic nitrogens is 1. The molecule has 1 heterocycles. The van der Waals surface area contributed by atoms with Gasteiger partial charge in [-0.15, -0.1) is 0 Å². The van der Waals surface area contributed by atoms with Gasteiger partial charge in [0.1, 0.15) is 0 Å². The van der Waals surface area contributed by atoms with Crippen LogP contribution in [0.2, 0.25) is 0 Å². The molecule has 27 heavy (non-hydrogen) atoms. The third-order valence-corrected chi connectivity index (χ3v) is 4.23. The molecule has 0 saturated carbocycles. The minimum atomic E-state index is -0.920. The lowest BCUT2D eigenvalue weighted by Gasteiger charge is -2.14. The van der Waals surface area contributed by atoms with Crippen molar-refractivity contribution in [3.63, 3.8) is 0 Å². The highest BCUT2D eigenvalue weighted by Crippen LogP contribution is 2.26. The molecule has 1 N–H and O–H groups in total. The molecule has 0 fully saturated rings. The number of benzene rings is 2. The zero-order valence-electron chi connectivity index (χ0n) is 15.4. The molecule has 1 unspecified atom stereocenters. The number of Topliss-reactive ketones (excluding diaryl/α,β-unsaturated/α-hetero) is 1. The van der Waals surface area contributed by atoms with E-state index in [4.69, 9.17) is 14.2 Å². The lowest BCUT2D eigenvalue weighted by Crippen LogP contribution is -2.27. The van der Waals surface area contributed by atoms with Gasteiger partial charge >= 0.3 is 5.97 Å². The van der Waals surface area contributed by atoms with Crippen LogP contribution in [0, 0.1) is 6.92 Å². The quantitative estimate of drug-likeness (QED) is 0.509. The highest BCUT2D eigenvalue weighted by atomic mass is 16.6. The van der Waals surface area contributed by atoms with Crippen molar-refractivity contribution in [1.29, 1.82) is 0 Å². The third kappa shape index (κ3) is 3.95. The first-order valence-electron chi connectivity index (χ1n) is 8.58. The number of fused-ring (bicyclic) bond motifs is 1. The first-order valence-corrected chi connectivity index (χ1v) is 8.58. The summed E-state index contributed by atoms with van der Waals surface area (Å²) in [7, 11) is 1.52. The Morgan fingerprint density at radius 2 is 1.70 bits per heavy atom. The first-order chi connectivity index (χ1) is 13.0. The number of para-hydroxylation sites is 3. The molecule has 3 rings (SSSR count). The van der Waals surface area contributed by atoms with Crippen molar-refractivity contribution < 1.29 is 23.8 Å². The summed E-state index contributed by atoms with van der Waals surface area (Å²) in [4.78, 5) is 28.1. The van der Waals surface area contributed by atoms with Crippen molar-refractivity contribution in [1.82, 2.24) is 4.98 Å². The largest absolute Gasteiger partial charge is 0.493 e. The van der Waals surface area contributed by atoms with Crippen LogP contribution < -0.4 is 9.47 Å². The van der Waals surface area contributed by atoms with Crippen molar-refractivity contribution in [3.05, 3.63) is 59.8 Å².